The number of nitrogens with one attached hydrogen (secondary N) is 1. The predicted molar refractivity (Wildman–Crippen MR) is 123 cm³/mol. The molecule has 0 spiro atoms. The number of hydrogen-bond donors (Lipinski definition) is 1. The number of carbonyl (C=O) groups is 1. The van der Waals surface area contributed by atoms with Crippen molar-refractivity contribution in [1.82, 2.24) is 15.1 Å². The fourth-order valence-corrected chi connectivity index (χ4v) is 3.44. The topological polar surface area (TPSA) is 66.4 Å². The van der Waals surface area contributed by atoms with Crippen molar-refractivity contribution in [3.8, 4) is 5.75 Å². The van der Waals surface area contributed by atoms with Crippen LogP contribution in [0.3, 0.4) is 0 Å². The van der Waals surface area contributed by atoms with Gasteiger partial charge in [0.25, 0.3) is 0 Å². The summed E-state index contributed by atoms with van der Waals surface area (Å²) in [5.41, 5.74) is 1.22. The van der Waals surface area contributed by atoms with Gasteiger partial charge in [-0.25, -0.2) is 0 Å². The molecule has 158 valence electrons. The minimum atomic E-state index is -0.107. The van der Waals surface area contributed by atoms with Gasteiger partial charge in [-0.1, -0.05) is 12.1 Å². The number of esters is 1. The summed E-state index contributed by atoms with van der Waals surface area (Å²) < 4.78 is 10.1. The maximum absolute atomic E-state index is 11.7. The molecule has 2 rings (SSSR count). The third-order valence-electron chi connectivity index (χ3n) is 5.12. The van der Waals surface area contributed by atoms with Crippen LogP contribution in [0.15, 0.2) is 29.3 Å². The zero-order valence-corrected chi connectivity index (χ0v) is 19.8. The first kappa shape index (κ1) is 24.5. The van der Waals surface area contributed by atoms with Crippen molar-refractivity contribution in [3.05, 3.63) is 29.8 Å². The number of rotatable bonds is 6. The monoisotopic (exact) mass is 504 g/mol. The first-order chi connectivity index (χ1) is 13.0. The summed E-state index contributed by atoms with van der Waals surface area (Å²) in [6.45, 7) is 2.34. The van der Waals surface area contributed by atoms with Crippen LogP contribution in [0.25, 0.3) is 0 Å². The summed E-state index contributed by atoms with van der Waals surface area (Å²) in [5.74, 6) is 1.62. The predicted octanol–water partition coefficient (Wildman–Crippen LogP) is 2.38. The molecule has 28 heavy (non-hydrogen) atoms. The van der Waals surface area contributed by atoms with Gasteiger partial charge in [-0.05, 0) is 44.6 Å². The van der Waals surface area contributed by atoms with Crippen LogP contribution in [0.4, 0.5) is 0 Å². The van der Waals surface area contributed by atoms with Gasteiger partial charge in [-0.15, -0.1) is 24.0 Å². The van der Waals surface area contributed by atoms with E-state index in [0.717, 1.165) is 44.2 Å². The Morgan fingerprint density at radius 1 is 1.25 bits per heavy atom. The van der Waals surface area contributed by atoms with Crippen LogP contribution >= 0.6 is 24.0 Å². The minimum absolute atomic E-state index is 0. The van der Waals surface area contributed by atoms with E-state index in [0.29, 0.717) is 0 Å². The third-order valence-corrected chi connectivity index (χ3v) is 5.12. The molecule has 1 aliphatic rings. The average molecular weight is 504 g/mol. The zero-order chi connectivity index (χ0) is 19.8. The molecule has 0 aromatic heterocycles. The van der Waals surface area contributed by atoms with Gasteiger partial charge >= 0.3 is 5.97 Å². The smallest absolute Gasteiger partial charge is 0.308 e. The highest BCUT2D eigenvalue weighted by molar-refractivity contribution is 14.0. The SMILES string of the molecule is CN=C(NCC(c1ccc(OC)cc1)N(C)C)N1CCC(C(=O)OC)CC1.I. The average Bonchev–Trinajstić information content (AvgIpc) is 2.71. The van der Waals surface area contributed by atoms with Gasteiger partial charge in [0, 0.05) is 26.7 Å². The number of halogens is 1. The van der Waals surface area contributed by atoms with E-state index in [1.807, 2.05) is 12.1 Å². The van der Waals surface area contributed by atoms with E-state index in [1.54, 1.807) is 14.2 Å². The summed E-state index contributed by atoms with van der Waals surface area (Å²) in [5, 5.41) is 3.49. The number of piperidine rings is 1. The van der Waals surface area contributed by atoms with Crippen molar-refractivity contribution in [1.29, 1.82) is 0 Å². The first-order valence-corrected chi connectivity index (χ1v) is 9.34. The lowest BCUT2D eigenvalue weighted by Gasteiger charge is -2.34. The third kappa shape index (κ3) is 6.51. The molecule has 0 saturated carbocycles. The molecule has 1 saturated heterocycles. The highest BCUT2D eigenvalue weighted by Gasteiger charge is 2.27. The van der Waals surface area contributed by atoms with Crippen molar-refractivity contribution in [3.63, 3.8) is 0 Å². The van der Waals surface area contributed by atoms with Crippen molar-refractivity contribution < 1.29 is 14.3 Å². The Hall–Kier alpha value is -1.55. The maximum atomic E-state index is 11.7. The molecular weight excluding hydrogens is 471 g/mol. The summed E-state index contributed by atoms with van der Waals surface area (Å²) in [6.07, 6.45) is 1.59. The normalized spacial score (nSPS) is 16.4. The number of nitrogens with zero attached hydrogens (tertiary/aromatic N) is 3. The Balaban J connectivity index is 0.00000392. The quantitative estimate of drug-likeness (QED) is 0.278. The molecule has 1 fully saturated rings. The second kappa shape index (κ2) is 12.1. The van der Waals surface area contributed by atoms with Gasteiger partial charge in [0.15, 0.2) is 5.96 Å². The number of likely N-dealkylation sites (tertiary alicyclic amines) is 1. The Kier molecular flexibility index (Phi) is 10.6. The molecule has 0 bridgehead atoms. The largest absolute Gasteiger partial charge is 0.497 e. The van der Waals surface area contributed by atoms with E-state index < -0.39 is 0 Å². The molecule has 0 aliphatic carbocycles. The minimum Gasteiger partial charge on any atom is -0.497 e. The Labute approximate surface area is 185 Å². The van der Waals surface area contributed by atoms with Crippen LogP contribution in [0.1, 0.15) is 24.4 Å². The number of benzene rings is 1. The summed E-state index contributed by atoms with van der Waals surface area (Å²) in [7, 11) is 9.07. The van der Waals surface area contributed by atoms with E-state index in [4.69, 9.17) is 9.47 Å². The lowest BCUT2D eigenvalue weighted by molar-refractivity contribution is -0.146. The van der Waals surface area contributed by atoms with E-state index in [1.165, 1.54) is 12.7 Å². The zero-order valence-electron chi connectivity index (χ0n) is 17.5. The first-order valence-electron chi connectivity index (χ1n) is 9.34. The molecule has 1 aromatic rings. The molecule has 0 amide bonds. The molecule has 1 aromatic carbocycles. The van der Waals surface area contributed by atoms with E-state index >= 15 is 0 Å². The van der Waals surface area contributed by atoms with Crippen LogP contribution < -0.4 is 10.1 Å². The van der Waals surface area contributed by atoms with Crippen molar-refractivity contribution >= 4 is 35.9 Å². The van der Waals surface area contributed by atoms with Gasteiger partial charge in [0.05, 0.1) is 26.2 Å². The molecular formula is C20H33IN4O3. The highest BCUT2D eigenvalue weighted by atomic mass is 127. The molecule has 1 heterocycles. The number of guanidine groups is 1. The van der Waals surface area contributed by atoms with Gasteiger partial charge < -0.3 is 24.6 Å². The molecule has 0 radical (unpaired) electrons. The van der Waals surface area contributed by atoms with Crippen LogP contribution in [0, 0.1) is 5.92 Å². The highest BCUT2D eigenvalue weighted by Crippen LogP contribution is 2.22. The van der Waals surface area contributed by atoms with Crippen molar-refractivity contribution in [2.24, 2.45) is 10.9 Å². The number of likely N-dealkylation sites (N-methyl/N-ethyl adjacent to an activating group) is 1. The molecule has 1 aliphatic heterocycles. The molecule has 1 unspecified atom stereocenters. The molecule has 1 N–H and O–H groups in total. The second-order valence-electron chi connectivity index (χ2n) is 6.97. The van der Waals surface area contributed by atoms with Crippen LogP contribution in [-0.2, 0) is 9.53 Å². The van der Waals surface area contributed by atoms with Crippen LogP contribution in [0.5, 0.6) is 5.75 Å². The number of carbonyl (C=O) groups excluding carboxylic acids is 1. The Morgan fingerprint density at radius 3 is 2.32 bits per heavy atom. The Morgan fingerprint density at radius 2 is 1.86 bits per heavy atom. The van der Waals surface area contributed by atoms with Crippen molar-refractivity contribution in [2.75, 3.05) is 55.0 Å². The molecule has 1 atom stereocenters. The van der Waals surface area contributed by atoms with Gasteiger partial charge in [-0.3, -0.25) is 9.79 Å². The lowest BCUT2D eigenvalue weighted by Crippen LogP contribution is -2.48. The summed E-state index contributed by atoms with van der Waals surface area (Å²) >= 11 is 0. The van der Waals surface area contributed by atoms with Gasteiger partial charge in [0.1, 0.15) is 5.75 Å². The number of ether oxygens (including phenoxy) is 2. The fraction of sp³-hybridized carbons (Fsp3) is 0.600. The molecule has 8 heteroatoms. The van der Waals surface area contributed by atoms with Crippen LogP contribution in [0.2, 0.25) is 0 Å². The standard InChI is InChI=1S/C20H32N4O3.HI/c1-21-20(24-12-10-16(11-13-24)19(25)27-5)22-14-18(23(2)3)15-6-8-17(26-4)9-7-15;/h6-9,16,18H,10-14H2,1-5H3,(H,21,22);1H. The van der Waals surface area contributed by atoms with Crippen LogP contribution in [-0.4, -0.2) is 76.7 Å². The Bertz CT molecular complexity index is 629. The second-order valence-corrected chi connectivity index (χ2v) is 6.97. The number of hydrogen-bond acceptors (Lipinski definition) is 5. The molecule has 7 nitrogen and oxygen atoms in total. The number of methoxy groups -OCH3 is 2. The lowest BCUT2D eigenvalue weighted by atomic mass is 9.97. The van der Waals surface area contributed by atoms with E-state index in [2.05, 4.69) is 46.3 Å². The fourth-order valence-electron chi connectivity index (χ4n) is 3.44. The van der Waals surface area contributed by atoms with Gasteiger partial charge in [-0.2, -0.15) is 0 Å². The van der Waals surface area contributed by atoms with E-state index in [-0.39, 0.29) is 41.9 Å². The van der Waals surface area contributed by atoms with Crippen molar-refractivity contribution in [2.45, 2.75) is 18.9 Å². The maximum Gasteiger partial charge on any atom is 0.308 e. The van der Waals surface area contributed by atoms with E-state index in [9.17, 15) is 4.79 Å². The van der Waals surface area contributed by atoms with Gasteiger partial charge in [0.2, 0.25) is 0 Å². The summed E-state index contributed by atoms with van der Waals surface area (Å²) in [4.78, 5) is 20.5. The summed E-state index contributed by atoms with van der Waals surface area (Å²) in [6, 6.07) is 8.36. The number of aliphatic imine (C=N–C) groups is 1.